The number of pyridine rings is 1. The fraction of sp³-hybridized carbons (Fsp3) is 0.0769. The van der Waals surface area contributed by atoms with Crippen LogP contribution in [-0.2, 0) is 9.05 Å². The maximum atomic E-state index is 12.1. The largest absolute Gasteiger partial charge is 0.320 e. The predicted octanol–water partition coefficient (Wildman–Crippen LogP) is 3.22. The second-order valence-electron chi connectivity index (χ2n) is 4.22. The first kappa shape index (κ1) is 15.8. The molecule has 5 nitrogen and oxygen atoms in total. The molecule has 1 amide bonds. The molecule has 0 saturated carbocycles. The van der Waals surface area contributed by atoms with Gasteiger partial charge in [-0.05, 0) is 36.8 Å². The highest BCUT2D eigenvalue weighted by Crippen LogP contribution is 2.31. The van der Waals surface area contributed by atoms with Gasteiger partial charge < -0.3 is 5.32 Å². The van der Waals surface area contributed by atoms with Crippen LogP contribution in [0.1, 0.15) is 15.9 Å². The van der Waals surface area contributed by atoms with Crippen LogP contribution in [0.4, 0.5) is 5.69 Å². The van der Waals surface area contributed by atoms with E-state index in [1.807, 2.05) is 0 Å². The molecule has 0 atom stereocenters. The zero-order valence-corrected chi connectivity index (χ0v) is 13.1. The van der Waals surface area contributed by atoms with Gasteiger partial charge in [-0.25, -0.2) is 8.42 Å². The van der Waals surface area contributed by atoms with Crippen molar-refractivity contribution < 1.29 is 13.2 Å². The van der Waals surface area contributed by atoms with Gasteiger partial charge in [-0.1, -0.05) is 11.6 Å². The number of rotatable bonds is 3. The highest BCUT2D eigenvalue weighted by atomic mass is 35.7. The first-order chi connectivity index (χ1) is 9.79. The number of anilines is 1. The molecular weight excluding hydrogens is 335 g/mol. The molecule has 0 aliphatic heterocycles. The van der Waals surface area contributed by atoms with Crippen molar-refractivity contribution in [2.75, 3.05) is 5.32 Å². The van der Waals surface area contributed by atoms with Crippen molar-refractivity contribution in [1.29, 1.82) is 0 Å². The van der Waals surface area contributed by atoms with E-state index in [4.69, 9.17) is 22.3 Å². The van der Waals surface area contributed by atoms with Gasteiger partial charge in [-0.2, -0.15) is 0 Å². The normalized spacial score (nSPS) is 11.2. The van der Waals surface area contributed by atoms with Crippen LogP contribution in [0.5, 0.6) is 0 Å². The second kappa shape index (κ2) is 6.01. The van der Waals surface area contributed by atoms with Crippen molar-refractivity contribution in [1.82, 2.24) is 4.98 Å². The Morgan fingerprint density at radius 1 is 1.24 bits per heavy atom. The van der Waals surface area contributed by atoms with E-state index in [9.17, 15) is 13.2 Å². The Morgan fingerprint density at radius 3 is 2.38 bits per heavy atom. The maximum absolute atomic E-state index is 12.1. The number of nitrogens with zero attached hydrogens (tertiary/aromatic N) is 1. The molecule has 2 aromatic rings. The van der Waals surface area contributed by atoms with Crippen LogP contribution in [0.3, 0.4) is 0 Å². The van der Waals surface area contributed by atoms with Crippen LogP contribution in [0, 0.1) is 6.92 Å². The Hall–Kier alpha value is -1.63. The lowest BCUT2D eigenvalue weighted by atomic mass is 10.2. The molecule has 2 rings (SSSR count). The number of aromatic nitrogens is 1. The van der Waals surface area contributed by atoms with Crippen LogP contribution in [-0.4, -0.2) is 19.3 Å². The van der Waals surface area contributed by atoms with Gasteiger partial charge in [0.1, 0.15) is 0 Å². The smallest absolute Gasteiger partial charge is 0.261 e. The van der Waals surface area contributed by atoms with E-state index in [0.717, 1.165) is 0 Å². The van der Waals surface area contributed by atoms with Crippen LogP contribution >= 0.6 is 22.3 Å². The van der Waals surface area contributed by atoms with Crippen molar-refractivity contribution in [3.05, 3.63) is 52.8 Å². The van der Waals surface area contributed by atoms with Crippen LogP contribution in [0.15, 0.2) is 41.6 Å². The number of nitrogens with one attached hydrogen (secondary N) is 1. The Balaban J connectivity index is 2.36. The molecule has 0 bridgehead atoms. The standard InChI is InChI=1S/C13H10Cl2N2O3S/c1-8-6-10(21(15,19)20)7-11(14)12(8)17-13(18)9-2-4-16-5-3-9/h2-7H,1H3,(H,17,18). The first-order valence-electron chi connectivity index (χ1n) is 5.75. The molecule has 1 aromatic heterocycles. The number of hydrogen-bond donors (Lipinski definition) is 1. The fourth-order valence-corrected chi connectivity index (χ4v) is 2.92. The Kier molecular flexibility index (Phi) is 4.51. The minimum absolute atomic E-state index is 0.0941. The number of hydrogen-bond acceptors (Lipinski definition) is 4. The lowest BCUT2D eigenvalue weighted by molar-refractivity contribution is 0.102. The molecule has 1 heterocycles. The summed E-state index contributed by atoms with van der Waals surface area (Å²) in [6.45, 7) is 1.62. The van der Waals surface area contributed by atoms with Gasteiger partial charge in [-0.15, -0.1) is 0 Å². The molecule has 0 aliphatic rings. The SMILES string of the molecule is Cc1cc(S(=O)(=O)Cl)cc(Cl)c1NC(=O)c1ccncc1. The van der Waals surface area contributed by atoms with Gasteiger partial charge in [0.25, 0.3) is 15.0 Å². The van der Waals surface area contributed by atoms with Gasteiger partial charge in [0.2, 0.25) is 0 Å². The van der Waals surface area contributed by atoms with Crippen molar-refractivity contribution in [2.24, 2.45) is 0 Å². The average Bonchev–Trinajstić information content (AvgIpc) is 2.42. The summed E-state index contributed by atoms with van der Waals surface area (Å²) in [7, 11) is 1.40. The third-order valence-electron chi connectivity index (χ3n) is 2.72. The van der Waals surface area contributed by atoms with Gasteiger partial charge in [0, 0.05) is 28.6 Å². The predicted molar refractivity (Wildman–Crippen MR) is 81.4 cm³/mol. The molecular formula is C13H10Cl2N2O3S. The van der Waals surface area contributed by atoms with E-state index in [-0.39, 0.29) is 15.8 Å². The lowest BCUT2D eigenvalue weighted by Gasteiger charge is -2.11. The zero-order valence-electron chi connectivity index (χ0n) is 10.8. The topological polar surface area (TPSA) is 76.1 Å². The fourth-order valence-electron chi connectivity index (χ4n) is 1.70. The minimum atomic E-state index is -3.88. The average molecular weight is 345 g/mol. The quantitative estimate of drug-likeness (QED) is 0.867. The summed E-state index contributed by atoms with van der Waals surface area (Å²) in [5.41, 5.74) is 1.24. The molecule has 21 heavy (non-hydrogen) atoms. The summed E-state index contributed by atoms with van der Waals surface area (Å²) in [5.74, 6) is -0.371. The van der Waals surface area contributed by atoms with Gasteiger partial charge in [0.15, 0.2) is 0 Å². The Labute approximate surface area is 131 Å². The third-order valence-corrected chi connectivity index (χ3v) is 4.35. The Bertz CT molecular complexity index is 769. The van der Waals surface area contributed by atoms with Gasteiger partial charge in [0.05, 0.1) is 15.6 Å². The van der Waals surface area contributed by atoms with Gasteiger partial charge >= 0.3 is 0 Å². The molecule has 0 spiro atoms. The van der Waals surface area contributed by atoms with Crippen LogP contribution < -0.4 is 5.32 Å². The van der Waals surface area contributed by atoms with E-state index in [0.29, 0.717) is 16.8 Å². The van der Waals surface area contributed by atoms with E-state index in [2.05, 4.69) is 10.3 Å². The highest BCUT2D eigenvalue weighted by Gasteiger charge is 2.16. The summed E-state index contributed by atoms with van der Waals surface area (Å²) in [5, 5.41) is 2.73. The molecule has 0 radical (unpaired) electrons. The van der Waals surface area contributed by atoms with E-state index in [1.165, 1.54) is 24.5 Å². The minimum Gasteiger partial charge on any atom is -0.320 e. The van der Waals surface area contributed by atoms with E-state index < -0.39 is 9.05 Å². The number of aryl methyl sites for hydroxylation is 1. The Morgan fingerprint density at radius 2 is 1.86 bits per heavy atom. The monoisotopic (exact) mass is 344 g/mol. The van der Waals surface area contributed by atoms with E-state index in [1.54, 1.807) is 19.1 Å². The maximum Gasteiger partial charge on any atom is 0.261 e. The number of carbonyl (C=O) groups is 1. The number of carbonyl (C=O) groups excluding carboxylic acids is 1. The van der Waals surface area contributed by atoms with Crippen molar-refractivity contribution in [3.63, 3.8) is 0 Å². The summed E-state index contributed by atoms with van der Waals surface area (Å²) in [4.78, 5) is 15.8. The summed E-state index contributed by atoms with van der Waals surface area (Å²) >= 11 is 6.02. The van der Waals surface area contributed by atoms with E-state index >= 15 is 0 Å². The molecule has 8 heteroatoms. The first-order valence-corrected chi connectivity index (χ1v) is 8.44. The van der Waals surface area contributed by atoms with Crippen LogP contribution in [0.2, 0.25) is 5.02 Å². The number of halogens is 2. The second-order valence-corrected chi connectivity index (χ2v) is 7.20. The summed E-state index contributed by atoms with van der Waals surface area (Å²) < 4.78 is 22.6. The molecule has 0 aliphatic carbocycles. The molecule has 0 saturated heterocycles. The number of amides is 1. The zero-order chi connectivity index (χ0) is 15.6. The van der Waals surface area contributed by atoms with Crippen molar-refractivity contribution >= 4 is 42.9 Å². The third kappa shape index (κ3) is 3.72. The van der Waals surface area contributed by atoms with Crippen molar-refractivity contribution in [3.8, 4) is 0 Å². The molecule has 1 N–H and O–H groups in total. The molecule has 0 unspecified atom stereocenters. The van der Waals surface area contributed by atoms with Crippen molar-refractivity contribution in [2.45, 2.75) is 11.8 Å². The molecule has 110 valence electrons. The summed E-state index contributed by atoms with van der Waals surface area (Å²) in [6.07, 6.45) is 2.99. The lowest BCUT2D eigenvalue weighted by Crippen LogP contribution is -2.13. The summed E-state index contributed by atoms with van der Waals surface area (Å²) in [6, 6.07) is 5.64. The molecule has 1 aromatic carbocycles. The number of benzene rings is 1. The van der Waals surface area contributed by atoms with Crippen LogP contribution in [0.25, 0.3) is 0 Å². The molecule has 0 fully saturated rings. The van der Waals surface area contributed by atoms with Gasteiger partial charge in [-0.3, -0.25) is 9.78 Å². The highest BCUT2D eigenvalue weighted by molar-refractivity contribution is 8.13.